The van der Waals surface area contributed by atoms with Crippen LogP contribution in [0.25, 0.3) is 72.3 Å². The summed E-state index contributed by atoms with van der Waals surface area (Å²) in [7, 11) is 0. The van der Waals surface area contributed by atoms with E-state index in [2.05, 4.69) is 18.5 Å². The molecule has 3 heterocycles. The Morgan fingerprint density at radius 3 is 1.86 bits per heavy atom. The number of aromatic nitrogens is 4. The number of benzene rings is 7. The molecule has 6 heteroatoms. The Labute approximate surface area is 510 Å². The summed E-state index contributed by atoms with van der Waals surface area (Å²) in [6, 6.07) is 13.9. The zero-order valence-electron chi connectivity index (χ0n) is 80.3. The van der Waals surface area contributed by atoms with Gasteiger partial charge in [0.15, 0.2) is 0 Å². The van der Waals surface area contributed by atoms with Gasteiger partial charge < -0.3 is 13.9 Å². The van der Waals surface area contributed by atoms with Crippen LogP contribution in [0.5, 0.6) is 11.5 Å². The first-order valence-corrected chi connectivity index (χ1v) is 22.7. The molecule has 2 aliphatic carbocycles. The summed E-state index contributed by atoms with van der Waals surface area (Å²) in [4.78, 5) is 4.72. The Balaban J connectivity index is 0.0000130. The minimum Gasteiger partial charge on any atom is -0.510 e. The molecule has 0 fully saturated rings. The maximum Gasteiger partial charge on any atom is 0.268 e. The van der Waals surface area contributed by atoms with Crippen molar-refractivity contribution in [2.24, 2.45) is 0 Å². The standard InChI is InChI=1S/C68H66N4O.Pt/c1-64(2,3)46-32-37-69-62(40-46)72-58-23-13-12-20-52(58)53-29-28-49(42-61(53)72)73-48-19-16-18-47(41-48)70-43-71(60-25-15-14-24-59(60)70)63-50(44-26-30-54-56(38-44)67(8,9)35-33-65(54,4)5)21-17-22-51(63)45-27-31-55-57(39-45)68(10,11)36-34-66(55,6)7;/h12-32,37-40H,33-36H2,1-11H3;/q-2;/i4D3,5D3,6D3,7D3,8D3,9D3,10D3,11D3,17D,21D,22D,26D,27D,30D,31D,33D2,34D2,35D2,36D2,38D,39D;. The molecule has 0 amide bonds. The molecule has 0 spiro atoms. The second kappa shape index (κ2) is 17.8. The molecular formula is C68H66N4OPt-2. The van der Waals surface area contributed by atoms with Crippen molar-refractivity contribution >= 4 is 32.8 Å². The Morgan fingerprint density at radius 2 is 1.23 bits per heavy atom. The monoisotopic (exact) mass is 1190 g/mol. The van der Waals surface area contributed by atoms with Gasteiger partial charge in [-0.15, -0.1) is 29.7 Å². The van der Waals surface area contributed by atoms with E-state index in [4.69, 9.17) is 42.6 Å². The van der Waals surface area contributed by atoms with Crippen LogP contribution in [0, 0.1) is 18.5 Å². The van der Waals surface area contributed by atoms with Gasteiger partial charge in [0.2, 0.25) is 0 Å². The van der Waals surface area contributed by atoms with Gasteiger partial charge >= 0.3 is 0 Å². The second-order valence-electron chi connectivity index (χ2n) is 18.8. The minimum absolute atomic E-state index is 0. The first-order chi connectivity index (χ1) is 51.6. The third kappa shape index (κ3) is 8.35. The Kier molecular flexibility index (Phi) is 5.11. The largest absolute Gasteiger partial charge is 0.510 e. The second-order valence-corrected chi connectivity index (χ2v) is 18.8. The van der Waals surface area contributed by atoms with Crippen LogP contribution < -0.4 is 9.30 Å². The summed E-state index contributed by atoms with van der Waals surface area (Å²) in [6.45, 7) is -31.2. The molecule has 74 heavy (non-hydrogen) atoms. The van der Waals surface area contributed by atoms with Crippen molar-refractivity contribution in [2.45, 2.75) is 128 Å². The van der Waals surface area contributed by atoms with Gasteiger partial charge in [-0.25, -0.2) is 4.98 Å². The number of rotatable bonds is 7. The predicted molar refractivity (Wildman–Crippen MR) is 300 cm³/mol. The average molecular weight is 1190 g/mol. The van der Waals surface area contributed by atoms with E-state index in [0.717, 1.165) is 26.4 Å². The van der Waals surface area contributed by atoms with E-state index >= 15 is 0 Å². The molecule has 10 aromatic rings. The van der Waals surface area contributed by atoms with E-state index in [1.165, 1.54) is 42.5 Å². The zero-order chi connectivity index (χ0) is 85.8. The van der Waals surface area contributed by atoms with Crippen LogP contribution in [-0.2, 0) is 48.1 Å². The molecule has 0 aliphatic heterocycles. The number of fused-ring (bicyclic) bond motifs is 6. The van der Waals surface area contributed by atoms with Crippen LogP contribution in [0.3, 0.4) is 0 Å². The Hall–Kier alpha value is -6.55. The van der Waals surface area contributed by atoms with E-state index in [0.29, 0.717) is 15.9 Å². The molecule has 5 nitrogen and oxygen atoms in total. The van der Waals surface area contributed by atoms with Crippen molar-refractivity contribution in [1.29, 1.82) is 0 Å². The number of ether oxygens (including phenoxy) is 1. The molecule has 7 aromatic carbocycles. The van der Waals surface area contributed by atoms with E-state index in [1.54, 1.807) is 18.3 Å². The first kappa shape index (κ1) is 21.2. The van der Waals surface area contributed by atoms with Crippen LogP contribution in [0.4, 0.5) is 0 Å². The van der Waals surface area contributed by atoms with Crippen molar-refractivity contribution in [3.8, 4) is 50.9 Å². The van der Waals surface area contributed by atoms with Gasteiger partial charge in [0, 0.05) is 88.1 Å². The van der Waals surface area contributed by atoms with Gasteiger partial charge in [-0.05, 0) is 132 Å². The molecule has 2 aliphatic rings. The van der Waals surface area contributed by atoms with E-state index in [1.807, 2.05) is 61.7 Å². The van der Waals surface area contributed by atoms with Gasteiger partial charge in [-0.1, -0.05) is 178 Å². The van der Waals surface area contributed by atoms with Gasteiger partial charge in [0.25, 0.3) is 6.33 Å². The van der Waals surface area contributed by atoms with E-state index in [9.17, 15) is 23.3 Å². The molecule has 0 N–H and O–H groups in total. The molecular weight excluding hydrogens is 1080 g/mol. The summed E-state index contributed by atoms with van der Waals surface area (Å²) in [5, 5.41) is 1.54. The van der Waals surface area contributed by atoms with Gasteiger partial charge in [-0.3, -0.25) is 4.57 Å². The summed E-state index contributed by atoms with van der Waals surface area (Å²) < 4.78 is 392. The van der Waals surface area contributed by atoms with Crippen molar-refractivity contribution in [3.63, 3.8) is 0 Å². The van der Waals surface area contributed by atoms with Crippen LogP contribution in [0.15, 0.2) is 152 Å². The number of para-hydroxylation sites is 4. The van der Waals surface area contributed by atoms with Crippen molar-refractivity contribution in [2.75, 3.05) is 0 Å². The van der Waals surface area contributed by atoms with Crippen molar-refractivity contribution < 1.29 is 86.6 Å². The predicted octanol–water partition coefficient (Wildman–Crippen LogP) is 16.9. The molecule has 0 radical (unpaired) electrons. The van der Waals surface area contributed by atoms with Crippen molar-refractivity contribution in [3.05, 3.63) is 198 Å². The molecule has 0 atom stereocenters. The normalized spacial score (nSPS) is 28.6. The van der Waals surface area contributed by atoms with Crippen LogP contribution in [0.2, 0.25) is 0 Å². The van der Waals surface area contributed by atoms with Crippen LogP contribution in [0.1, 0.15) is 185 Å². The van der Waals surface area contributed by atoms with Gasteiger partial charge in [-0.2, -0.15) is 18.2 Å². The number of pyridine rings is 1. The average Bonchev–Trinajstić information content (AvgIpc) is 0.742. The van der Waals surface area contributed by atoms with Crippen LogP contribution >= 0.6 is 0 Å². The summed E-state index contributed by atoms with van der Waals surface area (Å²) >= 11 is 0. The third-order valence-electron chi connectivity index (χ3n) is 12.7. The number of hydrogen-bond acceptors (Lipinski definition) is 2. The Bertz CT molecular complexity index is 5430. The molecule has 3 aromatic heterocycles. The Morgan fingerprint density at radius 1 is 0.635 bits per heavy atom. The fraction of sp³-hybridized carbons (Fsp3) is 0.294. The molecule has 376 valence electrons. The van der Waals surface area contributed by atoms with Crippen molar-refractivity contribution in [1.82, 2.24) is 14.1 Å². The summed E-state index contributed by atoms with van der Waals surface area (Å²) in [5.74, 6) is 0.496. The molecule has 0 unspecified atom stereocenters. The number of hydrogen-bond donors (Lipinski definition) is 0. The smallest absolute Gasteiger partial charge is 0.268 e. The maximum atomic E-state index is 10.4. The SMILES string of the molecule is [2H]c1c([2H])c(-c2c([2H])c([2H])c3c(c2[2H])C(C([2H])([2H])[2H])(C([2H])([2H])[2H])C([2H])([2H])C([2H])([2H])C3(C([2H])([2H])[2H])C([2H])([2H])[2H])c(-[n+]2[c-]n(-c3[c-]c(Oc4[c-]c5c(cc4)c4ccccc4n5-c4cc(C(C)(C)C)ccn4)ccc3)c3ccccc32)c(-c2c([2H])c([2H])c3c(c2[2H])C(C([2H])([2H])[2H])(C([2H])([2H])[2H])C([2H])([2H])C([2H])([2H])C3(C([2H])([2H])[2H])C([2H])([2H])[2H])c1[2H].[Pt]. The van der Waals surface area contributed by atoms with Crippen LogP contribution in [-0.4, -0.2) is 14.1 Å². The molecule has 0 bridgehead atoms. The zero-order valence-corrected chi connectivity index (χ0v) is 41.5. The number of imidazole rings is 1. The summed E-state index contributed by atoms with van der Waals surface area (Å²) in [6.07, 6.45) is -15.2. The number of nitrogens with zero attached hydrogens (tertiary/aromatic N) is 4. The fourth-order valence-electron chi connectivity index (χ4n) is 9.13. The van der Waals surface area contributed by atoms with E-state index in [-0.39, 0.29) is 49.2 Å². The fourth-order valence-corrected chi connectivity index (χ4v) is 9.13. The summed E-state index contributed by atoms with van der Waals surface area (Å²) in [5.41, 5.74) is -34.0. The maximum absolute atomic E-state index is 10.4. The van der Waals surface area contributed by atoms with Gasteiger partial charge in [0.1, 0.15) is 5.82 Å². The van der Waals surface area contributed by atoms with Gasteiger partial charge in [0.05, 0.1) is 29.1 Å². The molecule has 0 saturated heterocycles. The first-order valence-electron chi connectivity index (χ1n) is 43.2. The molecule has 12 rings (SSSR count). The van der Waals surface area contributed by atoms with E-state index < -0.39 is 212 Å². The minimum atomic E-state index is -4.98. The quantitative estimate of drug-likeness (QED) is 0.118. The topological polar surface area (TPSA) is 35.9 Å². The molecule has 0 saturated carbocycles. The third-order valence-corrected chi connectivity index (χ3v) is 12.7.